The van der Waals surface area contributed by atoms with E-state index in [0.29, 0.717) is 17.1 Å². The van der Waals surface area contributed by atoms with Crippen LogP contribution in [0, 0.1) is 0 Å². The topological polar surface area (TPSA) is 66.5 Å². The Hall–Kier alpha value is -3.54. The minimum absolute atomic E-state index is 0.256. The lowest BCUT2D eigenvalue weighted by Gasteiger charge is -2.18. The molecule has 1 amide bonds. The molecule has 1 aliphatic rings. The minimum atomic E-state index is -0.256. The normalized spacial score (nSPS) is 13.2. The Morgan fingerprint density at radius 3 is 2.38 bits per heavy atom. The van der Waals surface area contributed by atoms with E-state index in [9.17, 15) is 4.79 Å². The maximum Gasteiger partial charge on any atom is 0.260 e. The Morgan fingerprint density at radius 1 is 0.966 bits per heavy atom. The number of hydrogen-bond acceptors (Lipinski definition) is 5. The summed E-state index contributed by atoms with van der Waals surface area (Å²) >= 11 is 0. The highest BCUT2D eigenvalue weighted by atomic mass is 16.5. The first-order chi connectivity index (χ1) is 14.2. The standard InChI is InChI=1S/C23H24N4O2/c1-29-21-7-3-2-6-20(21)23(28)26-22-13-10-18(16-24-22)25-17-8-11-19(12-9-17)27-14-4-5-15-27/h2-3,6-13,16,25H,4-5,14-15H2,1H3,(H,24,26,28). The van der Waals surface area contributed by atoms with Crippen LogP contribution in [0.2, 0.25) is 0 Å². The van der Waals surface area contributed by atoms with Gasteiger partial charge in [-0.25, -0.2) is 4.98 Å². The molecule has 6 nitrogen and oxygen atoms in total. The number of pyridine rings is 1. The maximum absolute atomic E-state index is 12.5. The molecule has 148 valence electrons. The van der Waals surface area contributed by atoms with Gasteiger partial charge in [-0.1, -0.05) is 12.1 Å². The molecule has 1 saturated heterocycles. The van der Waals surface area contributed by atoms with E-state index in [0.717, 1.165) is 24.5 Å². The fourth-order valence-electron chi connectivity index (χ4n) is 3.46. The summed E-state index contributed by atoms with van der Waals surface area (Å²) in [6.45, 7) is 2.28. The van der Waals surface area contributed by atoms with E-state index in [-0.39, 0.29) is 5.91 Å². The summed E-state index contributed by atoms with van der Waals surface area (Å²) in [6, 6.07) is 19.2. The Kier molecular flexibility index (Phi) is 5.61. The number of methoxy groups -OCH3 is 1. The molecule has 6 heteroatoms. The van der Waals surface area contributed by atoms with Crippen LogP contribution in [0.5, 0.6) is 5.75 Å². The highest BCUT2D eigenvalue weighted by Crippen LogP contribution is 2.24. The lowest BCUT2D eigenvalue weighted by Crippen LogP contribution is -2.17. The van der Waals surface area contributed by atoms with E-state index in [1.54, 1.807) is 37.6 Å². The van der Waals surface area contributed by atoms with Crippen LogP contribution in [0.3, 0.4) is 0 Å². The quantitative estimate of drug-likeness (QED) is 0.641. The predicted octanol–water partition coefficient (Wildman–Crippen LogP) is 4.69. The average molecular weight is 388 g/mol. The first-order valence-electron chi connectivity index (χ1n) is 9.75. The molecule has 0 bridgehead atoms. The van der Waals surface area contributed by atoms with Gasteiger partial charge in [-0.15, -0.1) is 0 Å². The van der Waals surface area contributed by atoms with Gasteiger partial charge in [0.05, 0.1) is 24.6 Å². The van der Waals surface area contributed by atoms with Crippen molar-refractivity contribution in [2.45, 2.75) is 12.8 Å². The number of ether oxygens (including phenoxy) is 1. The van der Waals surface area contributed by atoms with Gasteiger partial charge in [-0.05, 0) is 61.4 Å². The Labute approximate surface area is 170 Å². The first-order valence-corrected chi connectivity index (χ1v) is 9.75. The molecule has 0 unspecified atom stereocenters. The van der Waals surface area contributed by atoms with Crippen molar-refractivity contribution in [3.05, 3.63) is 72.4 Å². The molecule has 2 N–H and O–H groups in total. The summed E-state index contributed by atoms with van der Waals surface area (Å²) in [5.74, 6) is 0.754. The van der Waals surface area contributed by atoms with Crippen molar-refractivity contribution in [1.82, 2.24) is 4.98 Å². The van der Waals surface area contributed by atoms with Gasteiger partial charge in [0.1, 0.15) is 11.6 Å². The van der Waals surface area contributed by atoms with E-state index in [2.05, 4.69) is 44.8 Å². The number of amides is 1. The number of anilines is 4. The highest BCUT2D eigenvalue weighted by molar-refractivity contribution is 6.05. The monoisotopic (exact) mass is 388 g/mol. The van der Waals surface area contributed by atoms with Crippen LogP contribution in [-0.2, 0) is 0 Å². The molecule has 0 saturated carbocycles. The van der Waals surface area contributed by atoms with Gasteiger partial charge in [0.2, 0.25) is 0 Å². The maximum atomic E-state index is 12.5. The van der Waals surface area contributed by atoms with Crippen molar-refractivity contribution in [2.24, 2.45) is 0 Å². The second kappa shape index (κ2) is 8.65. The van der Waals surface area contributed by atoms with Crippen molar-refractivity contribution in [1.29, 1.82) is 0 Å². The van der Waals surface area contributed by atoms with Crippen molar-refractivity contribution in [2.75, 3.05) is 35.7 Å². The fraction of sp³-hybridized carbons (Fsp3) is 0.217. The van der Waals surface area contributed by atoms with Gasteiger partial charge in [0.15, 0.2) is 0 Å². The molecule has 2 aromatic carbocycles. The van der Waals surface area contributed by atoms with Crippen LogP contribution in [0.4, 0.5) is 22.9 Å². The lowest BCUT2D eigenvalue weighted by molar-refractivity contribution is 0.102. The van der Waals surface area contributed by atoms with Gasteiger partial charge >= 0.3 is 0 Å². The number of benzene rings is 2. The van der Waals surface area contributed by atoms with Crippen LogP contribution in [0.1, 0.15) is 23.2 Å². The molecule has 1 aliphatic heterocycles. The molecule has 29 heavy (non-hydrogen) atoms. The largest absolute Gasteiger partial charge is 0.496 e. The van der Waals surface area contributed by atoms with Crippen molar-refractivity contribution in [3.8, 4) is 5.75 Å². The summed E-state index contributed by atoms with van der Waals surface area (Å²) in [6.07, 6.45) is 4.24. The van der Waals surface area contributed by atoms with E-state index < -0.39 is 0 Å². The smallest absolute Gasteiger partial charge is 0.260 e. The zero-order valence-corrected chi connectivity index (χ0v) is 16.4. The molecule has 0 atom stereocenters. The molecule has 1 fully saturated rings. The molecule has 0 spiro atoms. The van der Waals surface area contributed by atoms with E-state index in [1.165, 1.54) is 18.5 Å². The number of rotatable bonds is 6. The number of carbonyl (C=O) groups is 1. The van der Waals surface area contributed by atoms with E-state index in [4.69, 9.17) is 4.74 Å². The molecular weight excluding hydrogens is 364 g/mol. The number of nitrogens with one attached hydrogen (secondary N) is 2. The number of hydrogen-bond donors (Lipinski definition) is 2. The second-order valence-electron chi connectivity index (χ2n) is 6.95. The predicted molar refractivity (Wildman–Crippen MR) is 116 cm³/mol. The summed E-state index contributed by atoms with van der Waals surface area (Å²) in [7, 11) is 1.54. The van der Waals surface area contributed by atoms with Gasteiger partial charge < -0.3 is 20.3 Å². The molecule has 2 heterocycles. The zero-order chi connectivity index (χ0) is 20.1. The zero-order valence-electron chi connectivity index (χ0n) is 16.4. The van der Waals surface area contributed by atoms with Crippen molar-refractivity contribution >= 4 is 28.8 Å². The van der Waals surface area contributed by atoms with Crippen LogP contribution >= 0.6 is 0 Å². The van der Waals surface area contributed by atoms with Gasteiger partial charge in [-0.2, -0.15) is 0 Å². The van der Waals surface area contributed by atoms with E-state index >= 15 is 0 Å². The summed E-state index contributed by atoms with van der Waals surface area (Å²) in [4.78, 5) is 19.2. The third-order valence-corrected chi connectivity index (χ3v) is 4.98. The highest BCUT2D eigenvalue weighted by Gasteiger charge is 2.13. The first kappa shape index (κ1) is 18.8. The molecule has 1 aromatic heterocycles. The lowest BCUT2D eigenvalue weighted by atomic mass is 10.2. The fourth-order valence-corrected chi connectivity index (χ4v) is 3.46. The second-order valence-corrected chi connectivity index (χ2v) is 6.95. The van der Waals surface area contributed by atoms with Crippen molar-refractivity contribution < 1.29 is 9.53 Å². The molecule has 4 rings (SSSR count). The van der Waals surface area contributed by atoms with Gasteiger partial charge in [0, 0.05) is 24.5 Å². The Morgan fingerprint density at radius 2 is 1.69 bits per heavy atom. The number of carbonyl (C=O) groups excluding carboxylic acids is 1. The van der Waals surface area contributed by atoms with Crippen LogP contribution in [0.15, 0.2) is 66.9 Å². The minimum Gasteiger partial charge on any atom is -0.496 e. The molecule has 3 aromatic rings. The van der Waals surface area contributed by atoms with E-state index in [1.807, 2.05) is 12.1 Å². The molecule has 0 radical (unpaired) electrons. The summed E-state index contributed by atoms with van der Waals surface area (Å²) < 4.78 is 5.24. The summed E-state index contributed by atoms with van der Waals surface area (Å²) in [5.41, 5.74) is 3.59. The van der Waals surface area contributed by atoms with Gasteiger partial charge in [-0.3, -0.25) is 4.79 Å². The number of aromatic nitrogens is 1. The van der Waals surface area contributed by atoms with Crippen molar-refractivity contribution in [3.63, 3.8) is 0 Å². The SMILES string of the molecule is COc1ccccc1C(=O)Nc1ccc(Nc2ccc(N3CCCC3)cc2)cn1. The van der Waals surface area contributed by atoms with Crippen LogP contribution < -0.4 is 20.3 Å². The third kappa shape index (κ3) is 4.48. The Bertz CT molecular complexity index is 965. The number of para-hydroxylation sites is 1. The van der Waals surface area contributed by atoms with Crippen LogP contribution in [-0.4, -0.2) is 31.1 Å². The van der Waals surface area contributed by atoms with Crippen LogP contribution in [0.25, 0.3) is 0 Å². The molecular formula is C23H24N4O2. The average Bonchev–Trinajstić information content (AvgIpc) is 3.30. The van der Waals surface area contributed by atoms with Gasteiger partial charge in [0.25, 0.3) is 5.91 Å². The summed E-state index contributed by atoms with van der Waals surface area (Å²) in [5, 5.41) is 6.14. The number of nitrogens with zero attached hydrogens (tertiary/aromatic N) is 2. The third-order valence-electron chi connectivity index (χ3n) is 4.98. The molecule has 0 aliphatic carbocycles. The Balaban J connectivity index is 1.38.